The molecule has 0 N–H and O–H groups in total. The van der Waals surface area contributed by atoms with Crippen LogP contribution in [-0.2, 0) is 25.6 Å². The fourth-order valence-corrected chi connectivity index (χ4v) is 5.96. The predicted molar refractivity (Wildman–Crippen MR) is 153 cm³/mol. The fraction of sp³-hybridized carbons (Fsp3) is 0.394. The monoisotopic (exact) mass is 528 g/mol. The molecule has 0 saturated carbocycles. The van der Waals surface area contributed by atoms with Crippen LogP contribution >= 0.6 is 0 Å². The van der Waals surface area contributed by atoms with Gasteiger partial charge in [0.2, 0.25) is 0 Å². The summed E-state index contributed by atoms with van der Waals surface area (Å²) in [5, 5.41) is 0. The van der Waals surface area contributed by atoms with Crippen molar-refractivity contribution in [2.45, 2.75) is 44.9 Å². The van der Waals surface area contributed by atoms with Crippen LogP contribution in [0.3, 0.4) is 0 Å². The molecule has 0 amide bonds. The maximum absolute atomic E-state index is 13.5. The third-order valence-electron chi connectivity index (χ3n) is 8.19. The Balaban J connectivity index is 1.79. The van der Waals surface area contributed by atoms with Crippen LogP contribution in [0.2, 0.25) is 0 Å². The molecule has 4 rings (SSSR count). The van der Waals surface area contributed by atoms with Gasteiger partial charge >= 0.3 is 11.9 Å². The van der Waals surface area contributed by atoms with E-state index in [4.69, 9.17) is 9.47 Å². The summed E-state index contributed by atoms with van der Waals surface area (Å²) in [5.41, 5.74) is 3.55. The van der Waals surface area contributed by atoms with Gasteiger partial charge in [-0.25, -0.2) is 0 Å². The Hall–Kier alpha value is -3.48. The van der Waals surface area contributed by atoms with Crippen LogP contribution in [0.4, 0.5) is 0 Å². The third-order valence-corrected chi connectivity index (χ3v) is 8.19. The lowest BCUT2D eigenvalue weighted by Crippen LogP contribution is -2.59. The van der Waals surface area contributed by atoms with Gasteiger partial charge in [-0.05, 0) is 36.5 Å². The van der Waals surface area contributed by atoms with Crippen molar-refractivity contribution in [1.29, 1.82) is 0 Å². The minimum absolute atomic E-state index is 0.0225. The molecule has 1 aliphatic rings. The highest BCUT2D eigenvalue weighted by Gasteiger charge is 2.47. The summed E-state index contributed by atoms with van der Waals surface area (Å²) < 4.78 is 10.5. The number of nitrogens with zero attached hydrogens (tertiary/aromatic N) is 2. The maximum Gasteiger partial charge on any atom is 0.310 e. The number of carbonyl (C=O) groups excluding carboxylic acids is 2. The number of piperidine rings is 1. The van der Waals surface area contributed by atoms with Crippen molar-refractivity contribution < 1.29 is 19.1 Å². The van der Waals surface area contributed by atoms with Crippen LogP contribution in [0.25, 0.3) is 0 Å². The van der Waals surface area contributed by atoms with Gasteiger partial charge < -0.3 is 9.47 Å². The van der Waals surface area contributed by atoms with E-state index in [1.54, 1.807) is 0 Å². The van der Waals surface area contributed by atoms with Crippen molar-refractivity contribution in [3.05, 3.63) is 108 Å². The molecule has 3 aromatic rings. The van der Waals surface area contributed by atoms with E-state index < -0.39 is 5.92 Å². The number of hydrogen-bond donors (Lipinski definition) is 0. The van der Waals surface area contributed by atoms with E-state index in [0.717, 1.165) is 0 Å². The average molecular weight is 529 g/mol. The largest absolute Gasteiger partial charge is 0.469 e. The molecule has 1 aliphatic heterocycles. The summed E-state index contributed by atoms with van der Waals surface area (Å²) >= 11 is 0. The second-order valence-electron chi connectivity index (χ2n) is 10.4. The number of ether oxygens (including phenoxy) is 2. The molecule has 6 heteroatoms. The molecule has 0 radical (unpaired) electrons. The summed E-state index contributed by atoms with van der Waals surface area (Å²) in [5.74, 6) is -1.33. The molecule has 0 aliphatic carbocycles. The Morgan fingerprint density at radius 3 is 1.95 bits per heavy atom. The molecule has 1 heterocycles. The molecule has 3 aromatic carbocycles. The van der Waals surface area contributed by atoms with Gasteiger partial charge in [0.15, 0.2) is 0 Å². The average Bonchev–Trinajstić information content (AvgIpc) is 2.99. The van der Waals surface area contributed by atoms with E-state index >= 15 is 0 Å². The molecule has 0 bridgehead atoms. The molecule has 5 atom stereocenters. The lowest BCUT2D eigenvalue weighted by molar-refractivity contribution is -0.158. The summed E-state index contributed by atoms with van der Waals surface area (Å²) in [6.45, 7) is 6.31. The van der Waals surface area contributed by atoms with Gasteiger partial charge in [-0.3, -0.25) is 19.4 Å². The summed E-state index contributed by atoms with van der Waals surface area (Å²) in [7, 11) is 2.84. The number of carbonyl (C=O) groups is 2. The minimum atomic E-state index is -0.483. The van der Waals surface area contributed by atoms with Crippen LogP contribution in [-0.4, -0.2) is 55.1 Å². The Morgan fingerprint density at radius 1 is 0.821 bits per heavy atom. The van der Waals surface area contributed by atoms with Gasteiger partial charge in [0, 0.05) is 37.8 Å². The molecule has 0 aromatic heterocycles. The van der Waals surface area contributed by atoms with Crippen LogP contribution in [0.1, 0.15) is 49.0 Å². The number of likely N-dealkylation sites (tertiary alicyclic amines) is 1. The molecule has 6 nitrogen and oxygen atoms in total. The van der Waals surface area contributed by atoms with Crippen LogP contribution < -0.4 is 0 Å². The van der Waals surface area contributed by atoms with Gasteiger partial charge in [-0.1, -0.05) is 91.0 Å². The zero-order valence-electron chi connectivity index (χ0n) is 23.4. The number of esters is 2. The molecular weight excluding hydrogens is 488 g/mol. The zero-order valence-corrected chi connectivity index (χ0v) is 23.4. The van der Waals surface area contributed by atoms with Crippen molar-refractivity contribution in [2.24, 2.45) is 11.8 Å². The quantitative estimate of drug-likeness (QED) is 0.316. The van der Waals surface area contributed by atoms with Crippen molar-refractivity contribution in [2.75, 3.05) is 27.3 Å². The number of methoxy groups -OCH3 is 2. The number of rotatable bonds is 10. The predicted octanol–water partition coefficient (Wildman–Crippen LogP) is 5.66. The molecular formula is C33H40N2O4. The maximum atomic E-state index is 13.5. The highest BCUT2D eigenvalue weighted by molar-refractivity contribution is 5.76. The third kappa shape index (κ3) is 6.94. The van der Waals surface area contributed by atoms with E-state index in [9.17, 15) is 9.59 Å². The van der Waals surface area contributed by atoms with Crippen molar-refractivity contribution in [3.63, 3.8) is 0 Å². The zero-order chi connectivity index (χ0) is 27.8. The standard InChI is InChI=1S/C33H40N2O4/c1-24(27-16-10-6-11-17-27)34-22-29(20-31(36)38-3)32(33(37)39-4)30(23-34)35(21-26-14-8-5-9-15-26)25(2)28-18-12-7-13-19-28/h5-19,24-25,29-30,32H,20-23H2,1-4H3/t24-,25+,29+,30+,32+/m1/s1. The van der Waals surface area contributed by atoms with Gasteiger partial charge in [0.1, 0.15) is 0 Å². The Morgan fingerprint density at radius 2 is 1.38 bits per heavy atom. The first-order valence-electron chi connectivity index (χ1n) is 13.7. The first kappa shape index (κ1) is 28.5. The van der Waals surface area contributed by atoms with Crippen LogP contribution in [0.5, 0.6) is 0 Å². The first-order valence-corrected chi connectivity index (χ1v) is 13.7. The SMILES string of the molecule is COC(=O)C[C@H]1CN([C@H](C)c2ccccc2)C[C@H](N(Cc2ccccc2)[C@@H](C)c2ccccc2)[C@H]1C(=O)OC. The Kier molecular flexibility index (Phi) is 9.90. The summed E-state index contributed by atoms with van der Waals surface area (Å²) in [6.07, 6.45) is 0.156. The van der Waals surface area contributed by atoms with Gasteiger partial charge in [-0.2, -0.15) is 0 Å². The molecule has 39 heavy (non-hydrogen) atoms. The molecule has 1 saturated heterocycles. The number of benzene rings is 3. The highest BCUT2D eigenvalue weighted by atomic mass is 16.5. The second-order valence-corrected chi connectivity index (χ2v) is 10.4. The van der Waals surface area contributed by atoms with Crippen molar-refractivity contribution >= 4 is 11.9 Å². The van der Waals surface area contributed by atoms with Crippen molar-refractivity contribution in [1.82, 2.24) is 9.80 Å². The molecule has 206 valence electrons. The highest BCUT2D eigenvalue weighted by Crippen LogP contribution is 2.39. The first-order chi connectivity index (χ1) is 18.9. The minimum Gasteiger partial charge on any atom is -0.469 e. The van der Waals surface area contributed by atoms with Gasteiger partial charge in [0.05, 0.1) is 26.6 Å². The lowest BCUT2D eigenvalue weighted by atomic mass is 9.77. The summed E-state index contributed by atoms with van der Waals surface area (Å²) in [6, 6.07) is 31.1. The van der Waals surface area contributed by atoms with Crippen LogP contribution in [0.15, 0.2) is 91.0 Å². The summed E-state index contributed by atoms with van der Waals surface area (Å²) in [4.78, 5) is 30.9. The van der Waals surface area contributed by atoms with Crippen LogP contribution in [0, 0.1) is 11.8 Å². The fourth-order valence-electron chi connectivity index (χ4n) is 5.96. The molecule has 0 unspecified atom stereocenters. The molecule has 1 fully saturated rings. The Bertz CT molecular complexity index is 1190. The van der Waals surface area contributed by atoms with Gasteiger partial charge in [0.25, 0.3) is 0 Å². The van der Waals surface area contributed by atoms with E-state index in [0.29, 0.717) is 19.6 Å². The van der Waals surface area contributed by atoms with E-state index in [1.165, 1.54) is 30.9 Å². The Labute approximate surface area is 232 Å². The smallest absolute Gasteiger partial charge is 0.310 e. The van der Waals surface area contributed by atoms with Crippen molar-refractivity contribution in [3.8, 4) is 0 Å². The second kappa shape index (κ2) is 13.5. The molecule has 0 spiro atoms. The van der Waals surface area contributed by atoms with E-state index in [-0.39, 0.29) is 42.4 Å². The van der Waals surface area contributed by atoms with Gasteiger partial charge in [-0.15, -0.1) is 0 Å². The number of hydrogen-bond acceptors (Lipinski definition) is 6. The van der Waals surface area contributed by atoms with E-state index in [2.05, 4.69) is 84.3 Å². The normalized spacial score (nSPS) is 21.2. The topological polar surface area (TPSA) is 59.1 Å². The lowest BCUT2D eigenvalue weighted by Gasteiger charge is -2.50. The van der Waals surface area contributed by atoms with E-state index in [1.807, 2.05) is 30.3 Å².